The van der Waals surface area contributed by atoms with Crippen molar-refractivity contribution in [3.63, 3.8) is 0 Å². The topological polar surface area (TPSA) is 18.5 Å². The van der Waals surface area contributed by atoms with Crippen molar-refractivity contribution in [2.24, 2.45) is 0 Å². The van der Waals surface area contributed by atoms with Gasteiger partial charge in [0, 0.05) is 0 Å². The molecule has 0 radical (unpaired) electrons. The maximum atomic E-state index is 6.07. The van der Waals surface area contributed by atoms with E-state index in [9.17, 15) is 0 Å². The molecule has 1 aliphatic carbocycles. The van der Waals surface area contributed by atoms with Gasteiger partial charge >= 0.3 is 0 Å². The summed E-state index contributed by atoms with van der Waals surface area (Å²) in [7, 11) is 0. The molecule has 0 N–H and O–H groups in total. The molecular weight excluding hydrogens is 212 g/mol. The Balaban J connectivity index is 1.83. The van der Waals surface area contributed by atoms with Gasteiger partial charge in [-0.25, -0.2) is 0 Å². The third kappa shape index (κ3) is 4.59. The van der Waals surface area contributed by atoms with Gasteiger partial charge in [0.05, 0.1) is 24.9 Å². The summed E-state index contributed by atoms with van der Waals surface area (Å²) in [4.78, 5) is 0. The highest BCUT2D eigenvalue weighted by Gasteiger charge is 2.29. The molecule has 0 amide bonds. The SMILES string of the molecule is CC1COC2CCCCCCCCCCC2O1. The molecule has 1 heterocycles. The molecule has 0 spiro atoms. The van der Waals surface area contributed by atoms with Gasteiger partial charge in [0.2, 0.25) is 0 Å². The van der Waals surface area contributed by atoms with E-state index in [2.05, 4.69) is 6.92 Å². The minimum Gasteiger partial charge on any atom is -0.373 e. The maximum Gasteiger partial charge on any atom is 0.0841 e. The van der Waals surface area contributed by atoms with E-state index in [-0.39, 0.29) is 0 Å². The predicted octanol–water partition coefficient (Wildman–Crippen LogP) is 4.07. The van der Waals surface area contributed by atoms with Crippen LogP contribution in [0.25, 0.3) is 0 Å². The zero-order valence-electron chi connectivity index (χ0n) is 11.3. The first-order valence-electron chi connectivity index (χ1n) is 7.63. The minimum atomic E-state index is 0.296. The second kappa shape index (κ2) is 7.38. The van der Waals surface area contributed by atoms with Crippen molar-refractivity contribution >= 4 is 0 Å². The second-order valence-corrected chi connectivity index (χ2v) is 5.76. The van der Waals surface area contributed by atoms with Gasteiger partial charge in [-0.2, -0.15) is 0 Å². The summed E-state index contributed by atoms with van der Waals surface area (Å²) in [6.07, 6.45) is 14.5. The Hall–Kier alpha value is -0.0800. The Bertz CT molecular complexity index is 205. The van der Waals surface area contributed by atoms with Crippen LogP contribution < -0.4 is 0 Å². The van der Waals surface area contributed by atoms with Gasteiger partial charge in [0.1, 0.15) is 0 Å². The molecule has 0 aromatic carbocycles. The molecule has 3 atom stereocenters. The van der Waals surface area contributed by atoms with Gasteiger partial charge in [0.25, 0.3) is 0 Å². The Labute approximate surface area is 106 Å². The highest BCUT2D eigenvalue weighted by atomic mass is 16.6. The van der Waals surface area contributed by atoms with Crippen molar-refractivity contribution < 1.29 is 9.47 Å². The van der Waals surface area contributed by atoms with E-state index in [4.69, 9.17) is 9.47 Å². The van der Waals surface area contributed by atoms with Crippen LogP contribution in [0.1, 0.15) is 71.1 Å². The summed E-state index contributed by atoms with van der Waals surface area (Å²) in [6, 6.07) is 0. The minimum absolute atomic E-state index is 0.296. The van der Waals surface area contributed by atoms with E-state index in [1.807, 2.05) is 0 Å². The molecule has 3 unspecified atom stereocenters. The van der Waals surface area contributed by atoms with E-state index in [1.54, 1.807) is 0 Å². The summed E-state index contributed by atoms with van der Waals surface area (Å²) < 4.78 is 12.0. The fourth-order valence-corrected chi connectivity index (χ4v) is 3.07. The predicted molar refractivity (Wildman–Crippen MR) is 70.2 cm³/mol. The van der Waals surface area contributed by atoms with Gasteiger partial charge in [-0.3, -0.25) is 0 Å². The summed E-state index contributed by atoms with van der Waals surface area (Å²) in [6.45, 7) is 2.92. The highest BCUT2D eigenvalue weighted by molar-refractivity contribution is 4.77. The van der Waals surface area contributed by atoms with Crippen molar-refractivity contribution in [1.82, 2.24) is 0 Å². The Morgan fingerprint density at radius 2 is 1.24 bits per heavy atom. The maximum absolute atomic E-state index is 6.07. The molecule has 100 valence electrons. The molecule has 2 rings (SSSR count). The van der Waals surface area contributed by atoms with Gasteiger partial charge in [0.15, 0.2) is 0 Å². The van der Waals surface area contributed by atoms with E-state index in [0.29, 0.717) is 18.3 Å². The van der Waals surface area contributed by atoms with Crippen LogP contribution in [0, 0.1) is 0 Å². The number of hydrogen-bond acceptors (Lipinski definition) is 2. The molecule has 1 aliphatic heterocycles. The van der Waals surface area contributed by atoms with Gasteiger partial charge < -0.3 is 9.47 Å². The van der Waals surface area contributed by atoms with E-state index < -0.39 is 0 Å². The van der Waals surface area contributed by atoms with Crippen LogP contribution in [-0.2, 0) is 9.47 Å². The first-order chi connectivity index (χ1) is 8.36. The van der Waals surface area contributed by atoms with Gasteiger partial charge in [-0.15, -0.1) is 0 Å². The van der Waals surface area contributed by atoms with Crippen molar-refractivity contribution in [3.8, 4) is 0 Å². The molecule has 17 heavy (non-hydrogen) atoms. The summed E-state index contributed by atoms with van der Waals surface area (Å²) in [5, 5.41) is 0. The average molecular weight is 240 g/mol. The molecule has 0 aromatic heterocycles. The molecule has 2 nitrogen and oxygen atoms in total. The number of ether oxygens (including phenoxy) is 2. The largest absolute Gasteiger partial charge is 0.373 e. The molecule has 2 aliphatic rings. The van der Waals surface area contributed by atoms with Crippen LogP contribution in [0.2, 0.25) is 0 Å². The Kier molecular flexibility index (Phi) is 5.79. The van der Waals surface area contributed by atoms with Crippen molar-refractivity contribution in [2.75, 3.05) is 6.61 Å². The van der Waals surface area contributed by atoms with Gasteiger partial charge in [-0.05, 0) is 19.8 Å². The van der Waals surface area contributed by atoms with Crippen LogP contribution in [0.4, 0.5) is 0 Å². The third-order valence-electron chi connectivity index (χ3n) is 4.09. The van der Waals surface area contributed by atoms with Crippen LogP contribution in [0.15, 0.2) is 0 Å². The lowest BCUT2D eigenvalue weighted by Gasteiger charge is -2.36. The fourth-order valence-electron chi connectivity index (χ4n) is 3.07. The number of hydrogen-bond donors (Lipinski definition) is 0. The standard InChI is InChI=1S/C15H28O2/c1-13-12-16-14-10-8-6-4-2-3-5-7-9-11-15(14)17-13/h13-15H,2-12H2,1H3. The van der Waals surface area contributed by atoms with Crippen LogP contribution in [-0.4, -0.2) is 24.9 Å². The zero-order chi connectivity index (χ0) is 11.9. The molecule has 0 aromatic rings. The fraction of sp³-hybridized carbons (Fsp3) is 1.00. The Morgan fingerprint density at radius 1 is 0.706 bits per heavy atom. The van der Waals surface area contributed by atoms with Crippen molar-refractivity contribution in [3.05, 3.63) is 0 Å². The van der Waals surface area contributed by atoms with Crippen LogP contribution in [0.5, 0.6) is 0 Å². The summed E-state index contributed by atoms with van der Waals surface area (Å²) in [5.41, 5.74) is 0. The Morgan fingerprint density at radius 3 is 1.88 bits per heavy atom. The second-order valence-electron chi connectivity index (χ2n) is 5.76. The van der Waals surface area contributed by atoms with Crippen molar-refractivity contribution in [2.45, 2.75) is 89.4 Å². The molecule has 0 bridgehead atoms. The summed E-state index contributed by atoms with van der Waals surface area (Å²) >= 11 is 0. The average Bonchev–Trinajstić information content (AvgIpc) is 2.31. The molecule has 2 heteroatoms. The van der Waals surface area contributed by atoms with E-state index in [0.717, 1.165) is 6.61 Å². The van der Waals surface area contributed by atoms with Crippen LogP contribution in [0.3, 0.4) is 0 Å². The van der Waals surface area contributed by atoms with Crippen molar-refractivity contribution in [1.29, 1.82) is 0 Å². The van der Waals surface area contributed by atoms with Gasteiger partial charge in [-0.1, -0.05) is 51.4 Å². The van der Waals surface area contributed by atoms with Crippen LogP contribution >= 0.6 is 0 Å². The summed E-state index contributed by atoms with van der Waals surface area (Å²) in [5.74, 6) is 0. The van der Waals surface area contributed by atoms with E-state index in [1.165, 1.54) is 64.2 Å². The smallest absolute Gasteiger partial charge is 0.0841 e. The lowest BCUT2D eigenvalue weighted by atomic mass is 9.96. The molecule has 1 saturated carbocycles. The lowest BCUT2D eigenvalue weighted by Crippen LogP contribution is -2.42. The zero-order valence-corrected chi connectivity index (χ0v) is 11.3. The van der Waals surface area contributed by atoms with E-state index >= 15 is 0 Å². The normalized spacial score (nSPS) is 37.6. The number of rotatable bonds is 0. The molecular formula is C15H28O2. The number of fused-ring (bicyclic) bond motifs is 1. The monoisotopic (exact) mass is 240 g/mol. The first-order valence-corrected chi connectivity index (χ1v) is 7.63. The highest BCUT2D eigenvalue weighted by Crippen LogP contribution is 2.25. The lowest BCUT2D eigenvalue weighted by molar-refractivity contribution is -0.179. The quantitative estimate of drug-likeness (QED) is 0.635. The molecule has 1 saturated heterocycles. The third-order valence-corrected chi connectivity index (χ3v) is 4.09. The molecule has 2 fully saturated rings. The first kappa shape index (κ1) is 13.4.